The minimum atomic E-state index is 0.515. The predicted octanol–water partition coefficient (Wildman–Crippen LogP) is 2.72. The molecule has 1 atom stereocenters. The SMILES string of the molecule is C[C@H]1c2[nH]c3ccccc3c2CCN1C. The number of aromatic amines is 1. The van der Waals surface area contributed by atoms with Gasteiger partial charge in [-0.1, -0.05) is 18.2 Å². The summed E-state index contributed by atoms with van der Waals surface area (Å²) in [7, 11) is 2.19. The van der Waals surface area contributed by atoms with Gasteiger partial charge in [0, 0.05) is 29.2 Å². The second-order valence-corrected chi connectivity index (χ2v) is 4.47. The first kappa shape index (κ1) is 8.98. The van der Waals surface area contributed by atoms with Crippen molar-refractivity contribution in [1.82, 2.24) is 9.88 Å². The number of hydrogen-bond donors (Lipinski definition) is 1. The van der Waals surface area contributed by atoms with Crippen LogP contribution in [0.25, 0.3) is 10.9 Å². The molecule has 2 heteroatoms. The Morgan fingerprint density at radius 3 is 3.00 bits per heavy atom. The molecule has 2 aromatic rings. The highest BCUT2D eigenvalue weighted by molar-refractivity contribution is 5.85. The van der Waals surface area contributed by atoms with Crippen molar-refractivity contribution < 1.29 is 0 Å². The van der Waals surface area contributed by atoms with Crippen molar-refractivity contribution in [2.24, 2.45) is 0 Å². The lowest BCUT2D eigenvalue weighted by Crippen LogP contribution is -2.30. The molecule has 0 spiro atoms. The van der Waals surface area contributed by atoms with Crippen molar-refractivity contribution >= 4 is 10.9 Å². The van der Waals surface area contributed by atoms with E-state index in [1.165, 1.54) is 28.6 Å². The van der Waals surface area contributed by atoms with Crippen LogP contribution in [0.2, 0.25) is 0 Å². The minimum Gasteiger partial charge on any atom is -0.357 e. The number of rotatable bonds is 0. The van der Waals surface area contributed by atoms with Gasteiger partial charge in [0.25, 0.3) is 0 Å². The van der Waals surface area contributed by atoms with Crippen molar-refractivity contribution in [1.29, 1.82) is 0 Å². The molecular weight excluding hydrogens is 184 g/mol. The number of fused-ring (bicyclic) bond motifs is 3. The Labute approximate surface area is 89.9 Å². The van der Waals surface area contributed by atoms with Gasteiger partial charge in [-0.15, -0.1) is 0 Å². The zero-order chi connectivity index (χ0) is 10.4. The molecule has 1 aliphatic rings. The number of nitrogens with one attached hydrogen (secondary N) is 1. The highest BCUT2D eigenvalue weighted by atomic mass is 15.1. The van der Waals surface area contributed by atoms with Crippen LogP contribution in [-0.4, -0.2) is 23.5 Å². The summed E-state index contributed by atoms with van der Waals surface area (Å²) in [6, 6.07) is 9.13. The number of likely N-dealkylation sites (N-methyl/N-ethyl adjacent to an activating group) is 1. The minimum absolute atomic E-state index is 0.515. The molecular formula is C13H16N2. The van der Waals surface area contributed by atoms with E-state index in [9.17, 15) is 0 Å². The van der Waals surface area contributed by atoms with E-state index in [2.05, 4.69) is 48.1 Å². The quantitative estimate of drug-likeness (QED) is 0.692. The summed E-state index contributed by atoms with van der Waals surface area (Å²) in [4.78, 5) is 5.96. The van der Waals surface area contributed by atoms with Gasteiger partial charge >= 0.3 is 0 Å². The molecule has 1 aliphatic heterocycles. The van der Waals surface area contributed by atoms with Crippen molar-refractivity contribution in [3.8, 4) is 0 Å². The molecule has 1 N–H and O–H groups in total. The van der Waals surface area contributed by atoms with Gasteiger partial charge in [-0.05, 0) is 32.0 Å². The average molecular weight is 200 g/mol. The second kappa shape index (κ2) is 3.11. The maximum absolute atomic E-state index is 3.55. The van der Waals surface area contributed by atoms with Gasteiger partial charge in [0.05, 0.1) is 0 Å². The van der Waals surface area contributed by atoms with Gasteiger partial charge in [-0.3, -0.25) is 4.90 Å². The van der Waals surface area contributed by atoms with Gasteiger partial charge in [0.1, 0.15) is 0 Å². The second-order valence-electron chi connectivity index (χ2n) is 4.47. The van der Waals surface area contributed by atoms with E-state index in [1.807, 2.05) is 0 Å². The van der Waals surface area contributed by atoms with E-state index in [-0.39, 0.29) is 0 Å². The molecule has 3 rings (SSSR count). The Morgan fingerprint density at radius 1 is 1.33 bits per heavy atom. The normalized spacial score (nSPS) is 21.9. The summed E-state index contributed by atoms with van der Waals surface area (Å²) in [6.07, 6.45) is 1.17. The average Bonchev–Trinajstić information content (AvgIpc) is 2.63. The summed E-state index contributed by atoms with van der Waals surface area (Å²) in [6.45, 7) is 3.43. The van der Waals surface area contributed by atoms with E-state index < -0.39 is 0 Å². The Balaban J connectivity index is 2.26. The van der Waals surface area contributed by atoms with Crippen LogP contribution in [0.3, 0.4) is 0 Å². The van der Waals surface area contributed by atoms with Gasteiger partial charge in [-0.25, -0.2) is 0 Å². The molecule has 2 heterocycles. The van der Waals surface area contributed by atoms with E-state index in [0.29, 0.717) is 6.04 Å². The zero-order valence-corrected chi connectivity index (χ0v) is 9.25. The molecule has 0 radical (unpaired) electrons. The summed E-state index contributed by atoms with van der Waals surface area (Å²) in [5.74, 6) is 0. The molecule has 15 heavy (non-hydrogen) atoms. The van der Waals surface area contributed by atoms with Gasteiger partial charge in [0.2, 0.25) is 0 Å². The van der Waals surface area contributed by atoms with Gasteiger partial charge in [-0.2, -0.15) is 0 Å². The zero-order valence-electron chi connectivity index (χ0n) is 9.25. The van der Waals surface area contributed by atoms with Crippen LogP contribution in [-0.2, 0) is 6.42 Å². The predicted molar refractivity (Wildman–Crippen MR) is 63.0 cm³/mol. The van der Waals surface area contributed by atoms with E-state index in [4.69, 9.17) is 0 Å². The van der Waals surface area contributed by atoms with Crippen LogP contribution in [0, 0.1) is 0 Å². The number of H-pyrrole nitrogens is 1. The fourth-order valence-electron chi connectivity index (χ4n) is 2.55. The number of nitrogens with zero attached hydrogens (tertiary/aromatic N) is 1. The van der Waals surface area contributed by atoms with Crippen molar-refractivity contribution in [3.63, 3.8) is 0 Å². The maximum Gasteiger partial charge on any atom is 0.0470 e. The van der Waals surface area contributed by atoms with Crippen LogP contribution in [0.5, 0.6) is 0 Å². The lowest BCUT2D eigenvalue weighted by atomic mass is 9.99. The summed E-state index contributed by atoms with van der Waals surface area (Å²) >= 11 is 0. The number of benzene rings is 1. The van der Waals surface area contributed by atoms with Crippen molar-refractivity contribution in [3.05, 3.63) is 35.5 Å². The molecule has 78 valence electrons. The molecule has 1 aromatic heterocycles. The third kappa shape index (κ3) is 1.21. The van der Waals surface area contributed by atoms with Gasteiger partial charge < -0.3 is 4.98 Å². The third-order valence-electron chi connectivity index (χ3n) is 3.64. The Hall–Kier alpha value is -1.28. The molecule has 0 amide bonds. The van der Waals surface area contributed by atoms with E-state index in [1.54, 1.807) is 0 Å². The molecule has 0 aliphatic carbocycles. The first-order chi connectivity index (χ1) is 7.27. The lowest BCUT2D eigenvalue weighted by molar-refractivity contribution is 0.244. The molecule has 0 unspecified atom stereocenters. The smallest absolute Gasteiger partial charge is 0.0470 e. The maximum atomic E-state index is 3.55. The molecule has 0 fully saturated rings. The molecule has 1 aromatic carbocycles. The topological polar surface area (TPSA) is 19.0 Å². The number of aromatic nitrogens is 1. The monoisotopic (exact) mass is 200 g/mol. The molecule has 0 saturated heterocycles. The van der Waals surface area contributed by atoms with Crippen LogP contribution < -0.4 is 0 Å². The Bertz CT molecular complexity index is 498. The van der Waals surface area contributed by atoms with Crippen LogP contribution in [0.15, 0.2) is 24.3 Å². The highest BCUT2D eigenvalue weighted by Gasteiger charge is 2.24. The van der Waals surface area contributed by atoms with Crippen LogP contribution in [0.4, 0.5) is 0 Å². The Morgan fingerprint density at radius 2 is 2.13 bits per heavy atom. The summed E-state index contributed by atoms with van der Waals surface area (Å²) in [5.41, 5.74) is 4.21. The highest BCUT2D eigenvalue weighted by Crippen LogP contribution is 2.32. The number of hydrogen-bond acceptors (Lipinski definition) is 1. The molecule has 2 nitrogen and oxygen atoms in total. The number of para-hydroxylation sites is 1. The van der Waals surface area contributed by atoms with E-state index >= 15 is 0 Å². The summed E-state index contributed by atoms with van der Waals surface area (Å²) < 4.78 is 0. The van der Waals surface area contributed by atoms with Crippen molar-refractivity contribution in [2.45, 2.75) is 19.4 Å². The van der Waals surface area contributed by atoms with Gasteiger partial charge in [0.15, 0.2) is 0 Å². The van der Waals surface area contributed by atoms with Crippen LogP contribution in [0.1, 0.15) is 24.2 Å². The van der Waals surface area contributed by atoms with E-state index in [0.717, 1.165) is 6.54 Å². The third-order valence-corrected chi connectivity index (χ3v) is 3.64. The summed E-state index contributed by atoms with van der Waals surface area (Å²) in [5, 5.41) is 1.41. The molecule has 0 bridgehead atoms. The van der Waals surface area contributed by atoms with Crippen molar-refractivity contribution in [2.75, 3.05) is 13.6 Å². The largest absolute Gasteiger partial charge is 0.357 e. The molecule has 0 saturated carbocycles. The first-order valence-corrected chi connectivity index (χ1v) is 5.57. The van der Waals surface area contributed by atoms with Crippen LogP contribution >= 0.6 is 0 Å². The fourth-order valence-corrected chi connectivity index (χ4v) is 2.55. The fraction of sp³-hybridized carbons (Fsp3) is 0.385. The standard InChI is InChI=1S/C13H16N2/c1-9-13-11(7-8-15(9)2)10-5-3-4-6-12(10)14-13/h3-6,9,14H,7-8H2,1-2H3/t9-/m0/s1. The lowest BCUT2D eigenvalue weighted by Gasteiger charge is -2.29. The Kier molecular flexibility index (Phi) is 1.86. The first-order valence-electron chi connectivity index (χ1n) is 5.57.